The Kier molecular flexibility index (Phi) is 4.19. The molecule has 0 aliphatic carbocycles. The van der Waals surface area contributed by atoms with Crippen LogP contribution in [0.15, 0.2) is 12.1 Å². The number of piperazine rings is 1. The third kappa shape index (κ3) is 3.04. The molecule has 0 amide bonds. The highest BCUT2D eigenvalue weighted by Crippen LogP contribution is 2.31. The Labute approximate surface area is 116 Å². The summed E-state index contributed by atoms with van der Waals surface area (Å²) in [6, 6.07) is 2.53. The van der Waals surface area contributed by atoms with E-state index in [0.717, 1.165) is 19.2 Å². The lowest BCUT2D eigenvalue weighted by Gasteiger charge is -2.40. The van der Waals surface area contributed by atoms with Crippen molar-refractivity contribution in [3.63, 3.8) is 0 Å². The van der Waals surface area contributed by atoms with Gasteiger partial charge in [0.25, 0.3) is 0 Å². The van der Waals surface area contributed by atoms with Gasteiger partial charge in [0, 0.05) is 37.8 Å². The fourth-order valence-corrected chi connectivity index (χ4v) is 2.50. The second-order valence-electron chi connectivity index (χ2n) is 5.19. The first-order valence-corrected chi connectivity index (χ1v) is 6.55. The Bertz CT molecular complexity index is 475. The van der Waals surface area contributed by atoms with Crippen molar-refractivity contribution in [2.75, 3.05) is 31.6 Å². The molecule has 0 radical (unpaired) electrons. The number of likely N-dealkylation sites (N-methyl/N-ethyl adjacent to an activating group) is 1. The second-order valence-corrected chi connectivity index (χ2v) is 5.19. The number of halogens is 3. The molecule has 0 saturated carbocycles. The Hall–Kier alpha value is -1.34. The van der Waals surface area contributed by atoms with Crippen LogP contribution in [0.1, 0.15) is 18.2 Å². The van der Waals surface area contributed by atoms with Gasteiger partial charge < -0.3 is 15.5 Å². The summed E-state index contributed by atoms with van der Waals surface area (Å²) in [5.74, 6) is 0.364. The summed E-state index contributed by atoms with van der Waals surface area (Å²) in [6.07, 6.45) is -4.43. The molecule has 2 N–H and O–H groups in total. The van der Waals surface area contributed by atoms with Crippen molar-refractivity contribution >= 4 is 5.82 Å². The van der Waals surface area contributed by atoms with Gasteiger partial charge in [-0.05, 0) is 20.0 Å². The van der Waals surface area contributed by atoms with E-state index < -0.39 is 11.9 Å². The number of nitrogens with two attached hydrogens (primary N) is 1. The molecular formula is C13H19F3N4. The predicted octanol–water partition coefficient (Wildman–Crippen LogP) is 1.70. The van der Waals surface area contributed by atoms with E-state index in [1.807, 2.05) is 18.9 Å². The van der Waals surface area contributed by atoms with Gasteiger partial charge in [0.2, 0.25) is 0 Å². The molecule has 7 heteroatoms. The Balaban J connectivity index is 2.38. The first-order valence-electron chi connectivity index (χ1n) is 6.55. The number of hydrogen-bond acceptors (Lipinski definition) is 4. The molecule has 1 atom stereocenters. The summed E-state index contributed by atoms with van der Waals surface area (Å²) in [7, 11) is 2.00. The van der Waals surface area contributed by atoms with Gasteiger partial charge in [-0.15, -0.1) is 0 Å². The molecular weight excluding hydrogens is 269 g/mol. The van der Waals surface area contributed by atoms with Crippen LogP contribution >= 0.6 is 0 Å². The van der Waals surface area contributed by atoms with Crippen LogP contribution in [-0.2, 0) is 12.7 Å². The average Bonchev–Trinajstić information content (AvgIpc) is 2.37. The summed E-state index contributed by atoms with van der Waals surface area (Å²) in [5, 5.41) is 0. The van der Waals surface area contributed by atoms with Crippen LogP contribution in [0.4, 0.5) is 19.0 Å². The molecule has 2 heterocycles. The number of nitrogens with zero attached hydrogens (tertiary/aromatic N) is 3. The molecule has 1 aliphatic heterocycles. The number of rotatable bonds is 2. The first kappa shape index (κ1) is 15.1. The molecule has 0 bridgehead atoms. The third-order valence-electron chi connectivity index (χ3n) is 3.57. The van der Waals surface area contributed by atoms with Crippen molar-refractivity contribution in [1.82, 2.24) is 9.88 Å². The largest absolute Gasteiger partial charge is 0.433 e. The molecule has 1 aromatic heterocycles. The Morgan fingerprint density at radius 1 is 1.35 bits per heavy atom. The van der Waals surface area contributed by atoms with Gasteiger partial charge in [-0.1, -0.05) is 6.07 Å². The zero-order valence-electron chi connectivity index (χ0n) is 11.6. The maximum Gasteiger partial charge on any atom is 0.433 e. The Morgan fingerprint density at radius 2 is 2.05 bits per heavy atom. The molecule has 1 fully saturated rings. The van der Waals surface area contributed by atoms with Crippen LogP contribution in [0.5, 0.6) is 0 Å². The average molecular weight is 288 g/mol. The smallest absolute Gasteiger partial charge is 0.351 e. The van der Waals surface area contributed by atoms with Gasteiger partial charge in [0.05, 0.1) is 0 Å². The minimum absolute atomic E-state index is 0.107. The predicted molar refractivity (Wildman–Crippen MR) is 71.4 cm³/mol. The zero-order valence-corrected chi connectivity index (χ0v) is 11.6. The van der Waals surface area contributed by atoms with Gasteiger partial charge in [0.15, 0.2) is 0 Å². The van der Waals surface area contributed by atoms with E-state index in [1.165, 1.54) is 6.07 Å². The van der Waals surface area contributed by atoms with Crippen molar-refractivity contribution in [2.45, 2.75) is 25.7 Å². The molecule has 0 spiro atoms. The number of alkyl halides is 3. The fraction of sp³-hybridized carbons (Fsp3) is 0.615. The zero-order chi connectivity index (χ0) is 14.9. The molecule has 4 nitrogen and oxygen atoms in total. The molecule has 20 heavy (non-hydrogen) atoms. The lowest BCUT2D eigenvalue weighted by molar-refractivity contribution is -0.141. The van der Waals surface area contributed by atoms with E-state index in [2.05, 4.69) is 9.88 Å². The van der Waals surface area contributed by atoms with E-state index in [9.17, 15) is 13.2 Å². The quantitative estimate of drug-likeness (QED) is 0.899. The van der Waals surface area contributed by atoms with Gasteiger partial charge in [0.1, 0.15) is 11.5 Å². The van der Waals surface area contributed by atoms with Crippen molar-refractivity contribution in [2.24, 2.45) is 5.73 Å². The normalized spacial score (nSPS) is 21.3. The maximum absolute atomic E-state index is 12.8. The number of aromatic nitrogens is 1. The fourth-order valence-electron chi connectivity index (χ4n) is 2.50. The van der Waals surface area contributed by atoms with Gasteiger partial charge in [-0.2, -0.15) is 13.2 Å². The third-order valence-corrected chi connectivity index (χ3v) is 3.57. The minimum Gasteiger partial charge on any atom is -0.351 e. The highest BCUT2D eigenvalue weighted by molar-refractivity contribution is 5.49. The lowest BCUT2D eigenvalue weighted by Crippen LogP contribution is -2.51. The molecule has 1 aromatic rings. The van der Waals surface area contributed by atoms with E-state index in [4.69, 9.17) is 5.73 Å². The summed E-state index contributed by atoms with van der Waals surface area (Å²) in [5.41, 5.74) is 5.41. The number of pyridine rings is 1. The van der Waals surface area contributed by atoms with Crippen LogP contribution in [0.3, 0.4) is 0 Å². The van der Waals surface area contributed by atoms with E-state index in [0.29, 0.717) is 17.9 Å². The van der Waals surface area contributed by atoms with Crippen molar-refractivity contribution in [3.8, 4) is 0 Å². The van der Waals surface area contributed by atoms with Crippen LogP contribution in [0.2, 0.25) is 0 Å². The summed E-state index contributed by atoms with van der Waals surface area (Å²) in [4.78, 5) is 7.88. The van der Waals surface area contributed by atoms with Crippen LogP contribution < -0.4 is 10.6 Å². The molecule has 112 valence electrons. The van der Waals surface area contributed by atoms with Crippen LogP contribution in [0, 0.1) is 0 Å². The van der Waals surface area contributed by atoms with E-state index >= 15 is 0 Å². The highest BCUT2D eigenvalue weighted by Gasteiger charge is 2.34. The molecule has 1 saturated heterocycles. The molecule has 2 rings (SSSR count). The van der Waals surface area contributed by atoms with Gasteiger partial charge >= 0.3 is 6.18 Å². The summed E-state index contributed by atoms with van der Waals surface area (Å²) >= 11 is 0. The first-order chi connectivity index (χ1) is 9.32. The molecule has 0 aromatic carbocycles. The summed E-state index contributed by atoms with van der Waals surface area (Å²) in [6.45, 7) is 4.41. The minimum atomic E-state index is -4.43. The topological polar surface area (TPSA) is 45.4 Å². The monoisotopic (exact) mass is 288 g/mol. The summed E-state index contributed by atoms with van der Waals surface area (Å²) < 4.78 is 38.4. The number of hydrogen-bond donors (Lipinski definition) is 1. The Morgan fingerprint density at radius 3 is 2.60 bits per heavy atom. The number of anilines is 1. The highest BCUT2D eigenvalue weighted by atomic mass is 19.4. The molecule has 1 aliphatic rings. The maximum atomic E-state index is 12.8. The molecule has 1 unspecified atom stereocenters. The lowest BCUT2D eigenvalue weighted by atomic mass is 10.1. The van der Waals surface area contributed by atoms with E-state index in [-0.39, 0.29) is 12.6 Å². The second kappa shape index (κ2) is 5.57. The van der Waals surface area contributed by atoms with Crippen molar-refractivity contribution in [3.05, 3.63) is 23.4 Å². The van der Waals surface area contributed by atoms with Crippen LogP contribution in [0.25, 0.3) is 0 Å². The standard InChI is InChI=1S/C13H19F3N4/c1-9-8-19(2)5-6-20(9)12-10(7-17)3-4-11(18-12)13(14,15)16/h3-4,9H,5-8,17H2,1-2H3. The van der Waals surface area contributed by atoms with E-state index in [1.54, 1.807) is 0 Å². The van der Waals surface area contributed by atoms with Crippen molar-refractivity contribution in [1.29, 1.82) is 0 Å². The van der Waals surface area contributed by atoms with Gasteiger partial charge in [-0.25, -0.2) is 4.98 Å². The van der Waals surface area contributed by atoms with Crippen molar-refractivity contribution < 1.29 is 13.2 Å². The SMILES string of the molecule is CC1CN(C)CCN1c1nc(C(F)(F)F)ccc1CN. The van der Waals surface area contributed by atoms with Gasteiger partial charge in [-0.3, -0.25) is 0 Å². The van der Waals surface area contributed by atoms with Crippen LogP contribution in [-0.4, -0.2) is 42.6 Å².